The van der Waals surface area contributed by atoms with E-state index in [2.05, 4.69) is 18.7 Å². The van der Waals surface area contributed by atoms with Gasteiger partial charge in [-0.05, 0) is 11.1 Å². The Kier molecular flexibility index (Phi) is 6.72. The minimum atomic E-state index is -3.85. The first kappa shape index (κ1) is 20.6. The highest BCUT2D eigenvalue weighted by atomic mass is 31.2. The molecule has 0 N–H and O–H groups in total. The largest absolute Gasteiger partial charge is 0.340 e. The van der Waals surface area contributed by atoms with Gasteiger partial charge in [-0.15, -0.1) is 6.58 Å². The minimum Gasteiger partial charge on any atom is -0.311 e. The maximum Gasteiger partial charge on any atom is 0.340 e. The molecule has 0 aromatic heterocycles. The average molecular weight is 380 g/mol. The molecule has 0 aliphatic carbocycles. The van der Waals surface area contributed by atoms with Gasteiger partial charge < -0.3 is 9.05 Å². The van der Waals surface area contributed by atoms with Crippen LogP contribution in [0.3, 0.4) is 0 Å². The lowest BCUT2D eigenvalue weighted by molar-refractivity contribution is 0.246. The predicted octanol–water partition coefficient (Wildman–Crippen LogP) is 5.22. The van der Waals surface area contributed by atoms with Crippen LogP contribution in [0.4, 0.5) is 0 Å². The number of hydrogen-bond donors (Lipinski definition) is 0. The molecule has 5 nitrogen and oxygen atoms in total. The molecule has 27 heavy (non-hydrogen) atoms. The van der Waals surface area contributed by atoms with Crippen molar-refractivity contribution in [1.29, 1.82) is 10.5 Å². The van der Waals surface area contributed by atoms with Crippen molar-refractivity contribution in [3.05, 3.63) is 84.4 Å². The fourth-order valence-electron chi connectivity index (χ4n) is 3.32. The van der Waals surface area contributed by atoms with E-state index in [0.29, 0.717) is 5.56 Å². The maximum absolute atomic E-state index is 13.5. The zero-order valence-electron chi connectivity index (χ0n) is 15.3. The molecule has 0 heterocycles. The second-order valence-corrected chi connectivity index (χ2v) is 8.26. The lowest BCUT2D eigenvalue weighted by atomic mass is 9.70. The number of nitrogens with zero attached hydrogens (tertiary/aromatic N) is 2. The van der Waals surface area contributed by atoms with Crippen LogP contribution in [0.5, 0.6) is 0 Å². The van der Waals surface area contributed by atoms with E-state index in [1.165, 1.54) is 20.3 Å². The summed E-state index contributed by atoms with van der Waals surface area (Å²) in [5, 5.41) is 20.3. The summed E-state index contributed by atoms with van der Waals surface area (Å²) in [5.74, 6) is -0.711. The molecule has 0 aliphatic heterocycles. The second-order valence-electron chi connectivity index (χ2n) is 5.93. The molecule has 0 bridgehead atoms. The van der Waals surface area contributed by atoms with Crippen LogP contribution < -0.4 is 0 Å². The third kappa shape index (κ3) is 3.72. The van der Waals surface area contributed by atoms with E-state index >= 15 is 0 Å². The summed E-state index contributed by atoms with van der Waals surface area (Å²) < 4.78 is 24.0. The number of benzene rings is 2. The molecule has 0 radical (unpaired) electrons. The van der Waals surface area contributed by atoms with Gasteiger partial charge in [-0.1, -0.05) is 66.7 Å². The van der Waals surface area contributed by atoms with Gasteiger partial charge in [-0.3, -0.25) is 4.57 Å². The lowest BCUT2D eigenvalue weighted by Crippen LogP contribution is -2.33. The van der Waals surface area contributed by atoms with E-state index in [-0.39, 0.29) is 0 Å². The molecule has 0 saturated carbocycles. The normalized spacial score (nSPS) is 13.8. The lowest BCUT2D eigenvalue weighted by Gasteiger charge is -2.37. The summed E-state index contributed by atoms with van der Waals surface area (Å²) >= 11 is 0. The van der Waals surface area contributed by atoms with Crippen molar-refractivity contribution in [3.63, 3.8) is 0 Å². The van der Waals surface area contributed by atoms with Crippen LogP contribution in [0.25, 0.3) is 0 Å². The Morgan fingerprint density at radius 2 is 1.41 bits per heavy atom. The van der Waals surface area contributed by atoms with Gasteiger partial charge in [0.2, 0.25) is 0 Å². The number of rotatable bonds is 8. The van der Waals surface area contributed by atoms with Crippen molar-refractivity contribution in [2.45, 2.75) is 11.6 Å². The minimum absolute atomic E-state index is 0.524. The number of allylic oxidation sites excluding steroid dienone is 1. The number of hydrogen-bond acceptors (Lipinski definition) is 5. The van der Waals surface area contributed by atoms with Gasteiger partial charge in [0.05, 0.1) is 12.1 Å². The Balaban J connectivity index is 2.82. The highest BCUT2D eigenvalue weighted by Crippen LogP contribution is 2.69. The molecule has 0 amide bonds. The first-order valence-electron chi connectivity index (χ1n) is 8.29. The van der Waals surface area contributed by atoms with E-state index in [0.717, 1.165) is 5.56 Å². The molecular weight excluding hydrogens is 359 g/mol. The SMILES string of the molecule is C=CC(c1ccccc1)C(C#N)(C#N)C(c1ccccc1)P(=O)(OC)OC. The van der Waals surface area contributed by atoms with Crippen molar-refractivity contribution < 1.29 is 13.6 Å². The van der Waals surface area contributed by atoms with Gasteiger partial charge in [0.15, 0.2) is 5.41 Å². The van der Waals surface area contributed by atoms with Crippen molar-refractivity contribution in [2.75, 3.05) is 14.2 Å². The maximum atomic E-state index is 13.5. The molecule has 0 saturated heterocycles. The van der Waals surface area contributed by atoms with Crippen LogP contribution >= 0.6 is 7.60 Å². The van der Waals surface area contributed by atoms with Crippen molar-refractivity contribution in [3.8, 4) is 12.1 Å². The fraction of sp³-hybridized carbons (Fsp3) is 0.238. The molecule has 138 valence electrons. The second kappa shape index (κ2) is 8.80. The zero-order valence-corrected chi connectivity index (χ0v) is 16.2. The summed E-state index contributed by atoms with van der Waals surface area (Å²) in [6.45, 7) is 3.84. The summed E-state index contributed by atoms with van der Waals surface area (Å²) in [7, 11) is -1.34. The summed E-state index contributed by atoms with van der Waals surface area (Å²) in [4.78, 5) is 0. The van der Waals surface area contributed by atoms with Gasteiger partial charge in [0, 0.05) is 20.1 Å². The van der Waals surface area contributed by atoms with Crippen molar-refractivity contribution in [1.82, 2.24) is 0 Å². The van der Waals surface area contributed by atoms with Crippen LogP contribution in [-0.4, -0.2) is 14.2 Å². The third-order valence-corrected chi connectivity index (χ3v) is 6.98. The van der Waals surface area contributed by atoms with Crippen molar-refractivity contribution >= 4 is 7.60 Å². The fourth-order valence-corrected chi connectivity index (χ4v) is 5.20. The van der Waals surface area contributed by atoms with Gasteiger partial charge >= 0.3 is 7.60 Å². The van der Waals surface area contributed by atoms with Crippen LogP contribution in [0.2, 0.25) is 0 Å². The van der Waals surface area contributed by atoms with E-state index in [1.54, 1.807) is 30.3 Å². The predicted molar refractivity (Wildman–Crippen MR) is 104 cm³/mol. The molecule has 2 aromatic carbocycles. The third-order valence-electron chi connectivity index (χ3n) is 4.63. The van der Waals surface area contributed by atoms with Gasteiger partial charge in [0.25, 0.3) is 0 Å². The molecule has 0 fully saturated rings. The molecule has 2 unspecified atom stereocenters. The van der Waals surface area contributed by atoms with E-state index in [4.69, 9.17) is 9.05 Å². The van der Waals surface area contributed by atoms with Gasteiger partial charge in [-0.25, -0.2) is 0 Å². The summed E-state index contributed by atoms with van der Waals surface area (Å²) in [5.41, 5.74) is -1.64. The monoisotopic (exact) mass is 380 g/mol. The Morgan fingerprint density at radius 3 is 1.78 bits per heavy atom. The molecule has 2 aromatic rings. The van der Waals surface area contributed by atoms with Gasteiger partial charge in [-0.2, -0.15) is 10.5 Å². The van der Waals surface area contributed by atoms with Crippen LogP contribution in [0.1, 0.15) is 22.7 Å². The van der Waals surface area contributed by atoms with Crippen molar-refractivity contribution in [2.24, 2.45) is 5.41 Å². The van der Waals surface area contributed by atoms with Gasteiger partial charge in [0.1, 0.15) is 5.66 Å². The highest BCUT2D eigenvalue weighted by Gasteiger charge is 2.56. The standard InChI is InChI=1S/C21H21N2O3P/c1-4-19(17-11-7-5-8-12-17)21(15-22,16-23)20(27(24,25-2)26-3)18-13-9-6-10-14-18/h4-14,19-20H,1H2,2-3H3. The first-order valence-corrected chi connectivity index (χ1v) is 9.90. The zero-order chi connectivity index (χ0) is 19.9. The Hall–Kier alpha value is -2.69. The molecule has 0 aliphatic rings. The summed E-state index contributed by atoms with van der Waals surface area (Å²) in [6, 6.07) is 22.1. The first-order chi connectivity index (χ1) is 13.0. The smallest absolute Gasteiger partial charge is 0.311 e. The molecular formula is C21H21N2O3P. The van der Waals surface area contributed by atoms with E-state index in [9.17, 15) is 15.1 Å². The Bertz CT molecular complexity index is 879. The van der Waals surface area contributed by atoms with Crippen LogP contribution in [0.15, 0.2) is 73.3 Å². The highest BCUT2D eigenvalue weighted by molar-refractivity contribution is 7.54. The van der Waals surface area contributed by atoms with E-state index in [1.807, 2.05) is 30.3 Å². The molecule has 0 spiro atoms. The molecule has 6 heteroatoms. The molecule has 2 atom stereocenters. The summed E-state index contributed by atoms with van der Waals surface area (Å²) in [6.07, 6.45) is 1.54. The Labute approximate surface area is 160 Å². The van der Waals surface area contributed by atoms with Crippen LogP contribution in [-0.2, 0) is 13.6 Å². The van der Waals surface area contributed by atoms with E-state index < -0.39 is 24.6 Å². The average Bonchev–Trinajstić information content (AvgIpc) is 2.74. The topological polar surface area (TPSA) is 83.1 Å². The van der Waals surface area contributed by atoms with Crippen LogP contribution in [0, 0.1) is 28.1 Å². The Morgan fingerprint density at radius 1 is 0.963 bits per heavy atom. The number of nitriles is 2. The molecule has 2 rings (SSSR count). The quantitative estimate of drug-likeness (QED) is 0.463.